The van der Waals surface area contributed by atoms with Crippen molar-refractivity contribution in [3.05, 3.63) is 34.9 Å². The lowest BCUT2D eigenvalue weighted by molar-refractivity contribution is 0.815. The molecule has 1 aromatic rings. The molecule has 64 valence electrons. The minimum absolute atomic E-state index is 0.392. The van der Waals surface area contributed by atoms with E-state index in [1.54, 1.807) is 0 Å². The monoisotopic (exact) mass is 198 g/mol. The number of hydrogen-bond donors (Lipinski definition) is 1. The van der Waals surface area contributed by atoms with Crippen LogP contribution in [0.15, 0.2) is 24.3 Å². The summed E-state index contributed by atoms with van der Waals surface area (Å²) < 4.78 is 0. The molecule has 1 unspecified atom stereocenters. The SMILES string of the molecule is SC(c1cccc(Cl)c1)C1CC1. The van der Waals surface area contributed by atoms with Gasteiger partial charge >= 0.3 is 0 Å². The molecule has 0 spiro atoms. The molecule has 1 aliphatic rings. The number of benzene rings is 1. The van der Waals surface area contributed by atoms with Crippen LogP contribution >= 0.6 is 24.2 Å². The van der Waals surface area contributed by atoms with Gasteiger partial charge < -0.3 is 0 Å². The van der Waals surface area contributed by atoms with Crippen molar-refractivity contribution in [1.82, 2.24) is 0 Å². The highest BCUT2D eigenvalue weighted by Gasteiger charge is 2.29. The Labute approximate surface area is 83.3 Å². The topological polar surface area (TPSA) is 0 Å². The fourth-order valence-corrected chi connectivity index (χ4v) is 2.03. The van der Waals surface area contributed by atoms with Crippen molar-refractivity contribution >= 4 is 24.2 Å². The van der Waals surface area contributed by atoms with Crippen LogP contribution in [0.3, 0.4) is 0 Å². The third-order valence-electron chi connectivity index (χ3n) is 2.26. The van der Waals surface area contributed by atoms with Gasteiger partial charge in [-0.3, -0.25) is 0 Å². The van der Waals surface area contributed by atoms with Crippen LogP contribution in [-0.2, 0) is 0 Å². The summed E-state index contributed by atoms with van der Waals surface area (Å²) in [5.74, 6) is 0.784. The first-order valence-corrected chi connectivity index (χ1v) is 5.10. The van der Waals surface area contributed by atoms with Crippen molar-refractivity contribution in [2.45, 2.75) is 18.1 Å². The highest BCUT2D eigenvalue weighted by Crippen LogP contribution is 2.44. The van der Waals surface area contributed by atoms with Crippen molar-refractivity contribution in [3.8, 4) is 0 Å². The molecule has 0 radical (unpaired) electrons. The molecule has 1 atom stereocenters. The zero-order valence-electron chi connectivity index (χ0n) is 6.70. The van der Waals surface area contributed by atoms with Gasteiger partial charge in [0.05, 0.1) is 0 Å². The van der Waals surface area contributed by atoms with Crippen molar-refractivity contribution < 1.29 is 0 Å². The van der Waals surface area contributed by atoms with Gasteiger partial charge in [-0.1, -0.05) is 23.7 Å². The molecule has 0 aromatic heterocycles. The molecule has 2 heteroatoms. The second kappa shape index (κ2) is 3.31. The molecule has 12 heavy (non-hydrogen) atoms. The summed E-state index contributed by atoms with van der Waals surface area (Å²) in [5.41, 5.74) is 1.26. The van der Waals surface area contributed by atoms with Crippen LogP contribution in [0.2, 0.25) is 5.02 Å². The second-order valence-electron chi connectivity index (χ2n) is 3.34. The van der Waals surface area contributed by atoms with E-state index in [1.165, 1.54) is 18.4 Å². The summed E-state index contributed by atoms with van der Waals surface area (Å²) in [4.78, 5) is 0. The molecular weight excluding hydrogens is 188 g/mol. The average molecular weight is 199 g/mol. The van der Waals surface area contributed by atoms with E-state index in [-0.39, 0.29) is 0 Å². The lowest BCUT2D eigenvalue weighted by atomic mass is 10.1. The Bertz CT molecular complexity index is 281. The van der Waals surface area contributed by atoms with E-state index < -0.39 is 0 Å². The van der Waals surface area contributed by atoms with Gasteiger partial charge in [-0.15, -0.1) is 0 Å². The Morgan fingerprint density at radius 1 is 1.42 bits per heavy atom. The molecule has 0 bridgehead atoms. The van der Waals surface area contributed by atoms with Gasteiger partial charge in [0, 0.05) is 10.3 Å². The van der Waals surface area contributed by atoms with E-state index in [4.69, 9.17) is 11.6 Å². The smallest absolute Gasteiger partial charge is 0.0409 e. The molecule has 0 saturated heterocycles. The molecule has 1 aliphatic carbocycles. The van der Waals surface area contributed by atoms with Crippen LogP contribution in [-0.4, -0.2) is 0 Å². The first-order valence-electron chi connectivity index (χ1n) is 4.21. The molecule has 1 fully saturated rings. The molecular formula is C10H11ClS. The summed E-state index contributed by atoms with van der Waals surface area (Å²) in [6.07, 6.45) is 2.64. The summed E-state index contributed by atoms with van der Waals surface area (Å²) in [7, 11) is 0. The summed E-state index contributed by atoms with van der Waals surface area (Å²) in [5, 5.41) is 1.20. The van der Waals surface area contributed by atoms with E-state index >= 15 is 0 Å². The fourth-order valence-electron chi connectivity index (χ4n) is 1.37. The van der Waals surface area contributed by atoms with E-state index in [0.717, 1.165) is 10.9 Å². The molecule has 0 heterocycles. The molecule has 2 rings (SSSR count). The van der Waals surface area contributed by atoms with Gasteiger partial charge in [-0.25, -0.2) is 0 Å². The van der Waals surface area contributed by atoms with Crippen molar-refractivity contribution in [3.63, 3.8) is 0 Å². The Morgan fingerprint density at radius 3 is 2.75 bits per heavy atom. The van der Waals surface area contributed by atoms with Gasteiger partial charge in [0.1, 0.15) is 0 Å². The summed E-state index contributed by atoms with van der Waals surface area (Å²) >= 11 is 10.4. The quantitative estimate of drug-likeness (QED) is 0.689. The molecule has 0 N–H and O–H groups in total. The third kappa shape index (κ3) is 1.78. The Morgan fingerprint density at radius 2 is 2.17 bits per heavy atom. The lowest BCUT2D eigenvalue weighted by Gasteiger charge is -2.08. The van der Waals surface area contributed by atoms with E-state index in [1.807, 2.05) is 18.2 Å². The highest BCUT2D eigenvalue weighted by atomic mass is 35.5. The van der Waals surface area contributed by atoms with E-state index in [2.05, 4.69) is 18.7 Å². The minimum atomic E-state index is 0.392. The number of thiol groups is 1. The van der Waals surface area contributed by atoms with Crippen molar-refractivity contribution in [1.29, 1.82) is 0 Å². The van der Waals surface area contributed by atoms with Crippen LogP contribution in [0.5, 0.6) is 0 Å². The van der Waals surface area contributed by atoms with Crippen LogP contribution in [0, 0.1) is 5.92 Å². The normalized spacial score (nSPS) is 19.2. The molecule has 0 aliphatic heterocycles. The maximum Gasteiger partial charge on any atom is 0.0409 e. The zero-order valence-corrected chi connectivity index (χ0v) is 8.35. The number of halogens is 1. The van der Waals surface area contributed by atoms with Gasteiger partial charge in [0.15, 0.2) is 0 Å². The maximum absolute atomic E-state index is 5.88. The highest BCUT2D eigenvalue weighted by molar-refractivity contribution is 7.80. The first-order chi connectivity index (χ1) is 5.77. The van der Waals surface area contributed by atoms with Crippen LogP contribution in [0.25, 0.3) is 0 Å². The van der Waals surface area contributed by atoms with Crippen LogP contribution in [0.4, 0.5) is 0 Å². The van der Waals surface area contributed by atoms with Crippen molar-refractivity contribution in [2.24, 2.45) is 5.92 Å². The molecule has 1 saturated carbocycles. The van der Waals surface area contributed by atoms with Crippen molar-refractivity contribution in [2.75, 3.05) is 0 Å². The average Bonchev–Trinajstić information content (AvgIpc) is 2.85. The van der Waals surface area contributed by atoms with Crippen LogP contribution < -0.4 is 0 Å². The van der Waals surface area contributed by atoms with Crippen LogP contribution in [0.1, 0.15) is 23.7 Å². The second-order valence-corrected chi connectivity index (χ2v) is 4.33. The van der Waals surface area contributed by atoms with Gasteiger partial charge in [-0.2, -0.15) is 12.6 Å². The fraction of sp³-hybridized carbons (Fsp3) is 0.400. The minimum Gasteiger partial charge on any atom is -0.171 e. The molecule has 1 aromatic carbocycles. The first kappa shape index (κ1) is 8.46. The zero-order chi connectivity index (χ0) is 8.55. The Kier molecular flexibility index (Phi) is 2.33. The standard InChI is InChI=1S/C10H11ClS/c11-9-3-1-2-8(6-9)10(12)7-4-5-7/h1-3,6-7,10,12H,4-5H2. The Balaban J connectivity index is 2.20. The van der Waals surface area contributed by atoms with Gasteiger partial charge in [0.25, 0.3) is 0 Å². The predicted octanol–water partition coefficient (Wildman–Crippen LogP) is 3.72. The Hall–Kier alpha value is -0.140. The van der Waals surface area contributed by atoms with E-state index in [9.17, 15) is 0 Å². The predicted molar refractivity (Wildman–Crippen MR) is 55.9 cm³/mol. The largest absolute Gasteiger partial charge is 0.171 e. The third-order valence-corrected chi connectivity index (χ3v) is 3.21. The lowest BCUT2D eigenvalue weighted by Crippen LogP contribution is -1.91. The number of rotatable bonds is 2. The number of hydrogen-bond acceptors (Lipinski definition) is 1. The maximum atomic E-state index is 5.88. The van der Waals surface area contributed by atoms with Gasteiger partial charge in [-0.05, 0) is 36.5 Å². The summed E-state index contributed by atoms with van der Waals surface area (Å²) in [6.45, 7) is 0. The van der Waals surface area contributed by atoms with E-state index in [0.29, 0.717) is 5.25 Å². The van der Waals surface area contributed by atoms with Gasteiger partial charge in [0.2, 0.25) is 0 Å². The molecule has 0 nitrogen and oxygen atoms in total. The molecule has 0 amide bonds. The summed E-state index contributed by atoms with van der Waals surface area (Å²) in [6, 6.07) is 8.00.